The van der Waals surface area contributed by atoms with Gasteiger partial charge in [-0.15, -0.1) is 0 Å². The molecular weight excluding hydrogens is 365 g/mol. The maximum atomic E-state index is 12.3. The van der Waals surface area contributed by atoms with Gasteiger partial charge in [-0.2, -0.15) is 0 Å². The Bertz CT molecular complexity index is 525. The molecule has 1 saturated heterocycles. The van der Waals surface area contributed by atoms with E-state index in [4.69, 9.17) is 4.74 Å². The summed E-state index contributed by atoms with van der Waals surface area (Å²) in [5.41, 5.74) is 0.515. The molecule has 0 amide bonds. The minimum Gasteiger partial charge on any atom is -0.457 e. The van der Waals surface area contributed by atoms with Crippen molar-refractivity contribution in [2.24, 2.45) is 0 Å². The molecule has 1 aliphatic heterocycles. The standard InChI is InChI=1S/C16H22INO2/c1-15(2)10-13(16(3,4)18(15)5)20-14(19)11-7-6-8-12(17)9-11/h6-9,13H,10H2,1-5H3. The van der Waals surface area contributed by atoms with Crippen molar-refractivity contribution in [3.05, 3.63) is 33.4 Å². The molecule has 1 fully saturated rings. The van der Waals surface area contributed by atoms with Crippen LogP contribution in [0, 0.1) is 3.57 Å². The zero-order valence-electron chi connectivity index (χ0n) is 12.7. The third kappa shape index (κ3) is 2.86. The zero-order chi connectivity index (χ0) is 15.1. The number of likely N-dealkylation sites (tertiary alicyclic amines) is 1. The first-order valence-corrected chi connectivity index (χ1v) is 7.93. The van der Waals surface area contributed by atoms with Gasteiger partial charge in [-0.1, -0.05) is 6.07 Å². The fraction of sp³-hybridized carbons (Fsp3) is 0.562. The lowest BCUT2D eigenvalue weighted by atomic mass is 9.97. The molecule has 1 aliphatic rings. The lowest BCUT2D eigenvalue weighted by Crippen LogP contribution is -2.48. The second-order valence-corrected chi connectivity index (χ2v) is 7.88. The van der Waals surface area contributed by atoms with Crippen LogP contribution in [0.2, 0.25) is 0 Å². The van der Waals surface area contributed by atoms with Gasteiger partial charge < -0.3 is 4.74 Å². The van der Waals surface area contributed by atoms with Crippen molar-refractivity contribution in [1.29, 1.82) is 0 Å². The van der Waals surface area contributed by atoms with E-state index in [1.165, 1.54) is 0 Å². The van der Waals surface area contributed by atoms with Crippen LogP contribution >= 0.6 is 22.6 Å². The number of halogens is 1. The molecule has 1 atom stereocenters. The van der Waals surface area contributed by atoms with E-state index in [0.29, 0.717) is 5.56 Å². The highest BCUT2D eigenvalue weighted by Gasteiger charge is 2.51. The van der Waals surface area contributed by atoms with E-state index < -0.39 is 0 Å². The van der Waals surface area contributed by atoms with E-state index in [1.807, 2.05) is 18.2 Å². The van der Waals surface area contributed by atoms with Gasteiger partial charge in [0.15, 0.2) is 0 Å². The molecule has 3 nitrogen and oxygen atoms in total. The number of carbonyl (C=O) groups is 1. The topological polar surface area (TPSA) is 29.5 Å². The van der Waals surface area contributed by atoms with Crippen molar-refractivity contribution in [2.45, 2.75) is 51.3 Å². The minimum atomic E-state index is -0.229. The average molecular weight is 387 g/mol. The molecule has 20 heavy (non-hydrogen) atoms. The maximum Gasteiger partial charge on any atom is 0.338 e. The molecule has 0 N–H and O–H groups in total. The Morgan fingerprint density at radius 1 is 1.35 bits per heavy atom. The van der Waals surface area contributed by atoms with Crippen LogP contribution in [0.15, 0.2) is 24.3 Å². The highest BCUT2D eigenvalue weighted by Crippen LogP contribution is 2.41. The smallest absolute Gasteiger partial charge is 0.338 e. The number of hydrogen-bond donors (Lipinski definition) is 0. The Hall–Kier alpha value is -0.620. The Kier molecular flexibility index (Phi) is 4.17. The van der Waals surface area contributed by atoms with Crippen molar-refractivity contribution < 1.29 is 9.53 Å². The molecule has 0 spiro atoms. The molecule has 0 saturated carbocycles. The normalized spacial score (nSPS) is 24.6. The fourth-order valence-electron chi connectivity index (χ4n) is 2.84. The Balaban J connectivity index is 2.16. The first kappa shape index (κ1) is 15.8. The first-order chi connectivity index (χ1) is 9.14. The predicted octanol–water partition coefficient (Wildman–Crippen LogP) is 3.71. The van der Waals surface area contributed by atoms with Crippen LogP contribution in [0.4, 0.5) is 0 Å². The van der Waals surface area contributed by atoms with Gasteiger partial charge in [0.2, 0.25) is 0 Å². The van der Waals surface area contributed by atoms with Gasteiger partial charge in [-0.25, -0.2) is 4.79 Å². The second-order valence-electron chi connectivity index (χ2n) is 6.63. The summed E-state index contributed by atoms with van der Waals surface area (Å²) in [5.74, 6) is -0.229. The quantitative estimate of drug-likeness (QED) is 0.573. The molecule has 0 bridgehead atoms. The first-order valence-electron chi connectivity index (χ1n) is 6.85. The summed E-state index contributed by atoms with van der Waals surface area (Å²) in [4.78, 5) is 14.6. The highest BCUT2D eigenvalue weighted by atomic mass is 127. The summed E-state index contributed by atoms with van der Waals surface area (Å²) >= 11 is 2.20. The third-order valence-corrected chi connectivity index (χ3v) is 5.23. The number of rotatable bonds is 2. The van der Waals surface area contributed by atoms with Gasteiger partial charge in [-0.3, -0.25) is 4.90 Å². The summed E-state index contributed by atoms with van der Waals surface area (Å²) in [6, 6.07) is 7.52. The van der Waals surface area contributed by atoms with Crippen LogP contribution in [0.25, 0.3) is 0 Å². The summed E-state index contributed by atoms with van der Waals surface area (Å²) in [6.07, 6.45) is 0.763. The van der Waals surface area contributed by atoms with Gasteiger partial charge >= 0.3 is 5.97 Å². The van der Waals surface area contributed by atoms with E-state index in [1.54, 1.807) is 6.07 Å². The SMILES string of the molecule is CN1C(C)(C)CC(OC(=O)c2cccc(I)c2)C1(C)C. The van der Waals surface area contributed by atoms with Gasteiger partial charge in [0.1, 0.15) is 6.10 Å². The van der Waals surface area contributed by atoms with E-state index in [2.05, 4.69) is 62.2 Å². The van der Waals surface area contributed by atoms with E-state index in [9.17, 15) is 4.79 Å². The van der Waals surface area contributed by atoms with Crippen molar-refractivity contribution in [2.75, 3.05) is 7.05 Å². The number of esters is 1. The Morgan fingerprint density at radius 3 is 2.50 bits per heavy atom. The number of benzene rings is 1. The molecule has 0 aliphatic carbocycles. The summed E-state index contributed by atoms with van der Waals surface area (Å²) in [5, 5.41) is 0. The average Bonchev–Trinajstić information content (AvgIpc) is 2.50. The van der Waals surface area contributed by atoms with Gasteiger partial charge in [0, 0.05) is 15.5 Å². The molecule has 4 heteroatoms. The largest absolute Gasteiger partial charge is 0.457 e. The van der Waals surface area contributed by atoms with Crippen molar-refractivity contribution in [3.8, 4) is 0 Å². The molecule has 2 rings (SSSR count). The van der Waals surface area contributed by atoms with Crippen LogP contribution in [0.3, 0.4) is 0 Å². The van der Waals surface area contributed by atoms with Crippen molar-refractivity contribution >= 4 is 28.6 Å². The highest BCUT2D eigenvalue weighted by molar-refractivity contribution is 14.1. The molecular formula is C16H22INO2. The van der Waals surface area contributed by atoms with Gasteiger partial charge in [0.25, 0.3) is 0 Å². The molecule has 1 aromatic rings. The molecule has 0 radical (unpaired) electrons. The lowest BCUT2D eigenvalue weighted by Gasteiger charge is -2.37. The third-order valence-electron chi connectivity index (χ3n) is 4.55. The summed E-state index contributed by atoms with van der Waals surface area (Å²) < 4.78 is 6.83. The summed E-state index contributed by atoms with van der Waals surface area (Å²) in [7, 11) is 2.10. The Labute approximate surface area is 134 Å². The van der Waals surface area contributed by atoms with E-state index >= 15 is 0 Å². The van der Waals surface area contributed by atoms with Crippen LogP contribution < -0.4 is 0 Å². The van der Waals surface area contributed by atoms with Crippen LogP contribution in [-0.4, -0.2) is 35.1 Å². The van der Waals surface area contributed by atoms with Gasteiger partial charge in [-0.05, 0) is 75.5 Å². The second kappa shape index (κ2) is 5.30. The van der Waals surface area contributed by atoms with E-state index in [-0.39, 0.29) is 23.2 Å². The zero-order valence-corrected chi connectivity index (χ0v) is 14.9. The van der Waals surface area contributed by atoms with Crippen molar-refractivity contribution in [3.63, 3.8) is 0 Å². The fourth-order valence-corrected chi connectivity index (χ4v) is 3.38. The minimum absolute atomic E-state index is 0.0412. The monoisotopic (exact) mass is 387 g/mol. The number of carbonyl (C=O) groups excluding carboxylic acids is 1. The number of hydrogen-bond acceptors (Lipinski definition) is 3. The van der Waals surface area contributed by atoms with Crippen LogP contribution in [0.1, 0.15) is 44.5 Å². The van der Waals surface area contributed by atoms with Crippen LogP contribution in [-0.2, 0) is 4.74 Å². The lowest BCUT2D eigenvalue weighted by molar-refractivity contribution is 0.00156. The maximum absolute atomic E-state index is 12.3. The van der Waals surface area contributed by atoms with Crippen molar-refractivity contribution in [1.82, 2.24) is 4.90 Å². The number of likely N-dealkylation sites (N-methyl/N-ethyl adjacent to an activating group) is 1. The predicted molar refractivity (Wildman–Crippen MR) is 88.9 cm³/mol. The molecule has 1 heterocycles. The number of nitrogens with zero attached hydrogens (tertiary/aromatic N) is 1. The summed E-state index contributed by atoms with van der Waals surface area (Å²) in [6.45, 7) is 8.64. The van der Waals surface area contributed by atoms with E-state index in [0.717, 1.165) is 9.99 Å². The number of ether oxygens (including phenoxy) is 1. The molecule has 1 aromatic carbocycles. The van der Waals surface area contributed by atoms with Crippen LogP contribution in [0.5, 0.6) is 0 Å². The molecule has 1 unspecified atom stereocenters. The van der Waals surface area contributed by atoms with Gasteiger partial charge in [0.05, 0.1) is 11.1 Å². The molecule has 110 valence electrons. The molecule has 0 aromatic heterocycles. The Morgan fingerprint density at radius 2 is 2.00 bits per heavy atom.